The summed E-state index contributed by atoms with van der Waals surface area (Å²) < 4.78 is 0. The molecule has 4 nitrogen and oxygen atoms in total. The third-order valence-corrected chi connectivity index (χ3v) is 1.72. The first-order valence-electron chi connectivity index (χ1n) is 4.47. The van der Waals surface area contributed by atoms with Crippen LogP contribution in [-0.2, 0) is 4.79 Å². The van der Waals surface area contributed by atoms with E-state index in [1.165, 1.54) is 0 Å². The van der Waals surface area contributed by atoms with Gasteiger partial charge in [-0.3, -0.25) is 4.79 Å². The minimum atomic E-state index is -0.806. The van der Waals surface area contributed by atoms with Crippen molar-refractivity contribution < 1.29 is 9.90 Å². The average Bonchev–Trinajstić information content (AvgIpc) is 2.15. The largest absolute Gasteiger partial charge is 0.481 e. The van der Waals surface area contributed by atoms with Gasteiger partial charge in [0.05, 0.1) is 6.42 Å². The number of rotatable bonds is 5. The predicted octanol–water partition coefficient (Wildman–Crippen LogP) is 1.47. The van der Waals surface area contributed by atoms with Crippen molar-refractivity contribution in [2.24, 2.45) is 0 Å². The second kappa shape index (κ2) is 5.24. The summed E-state index contributed by atoms with van der Waals surface area (Å²) in [7, 11) is 0. The van der Waals surface area contributed by atoms with Crippen molar-refractivity contribution in [2.75, 3.05) is 5.43 Å². The smallest absolute Gasteiger partial charge is 0.304 e. The Kier molecular flexibility index (Phi) is 3.94. The molecule has 0 aliphatic carbocycles. The maximum absolute atomic E-state index is 10.4. The van der Waals surface area contributed by atoms with Crippen LogP contribution < -0.4 is 10.9 Å². The third-order valence-electron chi connectivity index (χ3n) is 1.72. The van der Waals surface area contributed by atoms with Gasteiger partial charge in [-0.25, -0.2) is 5.43 Å². The first-order valence-corrected chi connectivity index (χ1v) is 4.47. The molecule has 1 aromatic rings. The van der Waals surface area contributed by atoms with Crippen LogP contribution in [0.3, 0.4) is 0 Å². The summed E-state index contributed by atoms with van der Waals surface area (Å²) in [6.45, 7) is 1.81. The van der Waals surface area contributed by atoms with Gasteiger partial charge in [0.1, 0.15) is 0 Å². The SMILES string of the molecule is CC(CC(=O)O)NNc1ccccc1. The lowest BCUT2D eigenvalue weighted by molar-refractivity contribution is -0.137. The topological polar surface area (TPSA) is 61.4 Å². The lowest BCUT2D eigenvalue weighted by atomic mass is 10.2. The van der Waals surface area contributed by atoms with Crippen molar-refractivity contribution in [3.05, 3.63) is 30.3 Å². The molecule has 1 aromatic carbocycles. The van der Waals surface area contributed by atoms with Crippen LogP contribution in [0.25, 0.3) is 0 Å². The summed E-state index contributed by atoms with van der Waals surface area (Å²) in [5.41, 5.74) is 6.76. The van der Waals surface area contributed by atoms with Crippen LogP contribution >= 0.6 is 0 Å². The van der Waals surface area contributed by atoms with Gasteiger partial charge in [-0.15, -0.1) is 0 Å². The predicted molar refractivity (Wildman–Crippen MR) is 54.9 cm³/mol. The molecule has 0 aliphatic heterocycles. The molecule has 1 rings (SSSR count). The number of para-hydroxylation sites is 1. The second-order valence-corrected chi connectivity index (χ2v) is 3.13. The lowest BCUT2D eigenvalue weighted by Crippen LogP contribution is -2.33. The van der Waals surface area contributed by atoms with Crippen LogP contribution in [0, 0.1) is 0 Å². The molecule has 0 spiro atoms. The number of aliphatic carboxylic acids is 1. The van der Waals surface area contributed by atoms with Crippen molar-refractivity contribution in [1.29, 1.82) is 0 Å². The van der Waals surface area contributed by atoms with Gasteiger partial charge in [-0.2, -0.15) is 0 Å². The Hall–Kier alpha value is -1.55. The van der Waals surface area contributed by atoms with Gasteiger partial charge in [0, 0.05) is 11.7 Å². The van der Waals surface area contributed by atoms with Crippen molar-refractivity contribution in [3.63, 3.8) is 0 Å². The minimum absolute atomic E-state index is 0.0971. The fraction of sp³-hybridized carbons (Fsp3) is 0.300. The Morgan fingerprint density at radius 1 is 1.43 bits per heavy atom. The van der Waals surface area contributed by atoms with Gasteiger partial charge in [-0.1, -0.05) is 18.2 Å². The van der Waals surface area contributed by atoms with Crippen LogP contribution in [0.2, 0.25) is 0 Å². The van der Waals surface area contributed by atoms with E-state index in [0.29, 0.717) is 0 Å². The molecule has 0 heterocycles. The molecule has 0 bridgehead atoms. The van der Waals surface area contributed by atoms with Crippen molar-refractivity contribution in [1.82, 2.24) is 5.43 Å². The summed E-state index contributed by atoms with van der Waals surface area (Å²) in [6, 6.07) is 9.44. The molecule has 4 heteroatoms. The van der Waals surface area contributed by atoms with E-state index in [-0.39, 0.29) is 12.5 Å². The highest BCUT2D eigenvalue weighted by Gasteiger charge is 2.05. The Labute approximate surface area is 82.9 Å². The van der Waals surface area contributed by atoms with Gasteiger partial charge in [0.2, 0.25) is 0 Å². The first kappa shape index (κ1) is 10.5. The summed E-state index contributed by atoms with van der Waals surface area (Å²) in [5.74, 6) is -0.806. The Bertz CT molecular complexity index is 287. The fourth-order valence-electron chi connectivity index (χ4n) is 1.04. The maximum Gasteiger partial charge on any atom is 0.304 e. The van der Waals surface area contributed by atoms with E-state index < -0.39 is 5.97 Å². The summed E-state index contributed by atoms with van der Waals surface area (Å²) >= 11 is 0. The molecular formula is C10H14N2O2. The molecule has 1 atom stereocenters. The van der Waals surface area contributed by atoms with E-state index in [1.807, 2.05) is 37.3 Å². The van der Waals surface area contributed by atoms with Crippen LogP contribution in [-0.4, -0.2) is 17.1 Å². The molecule has 0 fully saturated rings. The molecule has 0 radical (unpaired) electrons. The van der Waals surface area contributed by atoms with E-state index >= 15 is 0 Å². The van der Waals surface area contributed by atoms with Gasteiger partial charge in [-0.05, 0) is 19.1 Å². The number of hydrogen-bond acceptors (Lipinski definition) is 3. The number of benzene rings is 1. The van der Waals surface area contributed by atoms with Gasteiger partial charge in [0.25, 0.3) is 0 Å². The fourth-order valence-corrected chi connectivity index (χ4v) is 1.04. The van der Waals surface area contributed by atoms with Crippen molar-refractivity contribution in [3.8, 4) is 0 Å². The van der Waals surface area contributed by atoms with E-state index in [1.54, 1.807) is 0 Å². The monoisotopic (exact) mass is 194 g/mol. The van der Waals surface area contributed by atoms with Crippen molar-refractivity contribution in [2.45, 2.75) is 19.4 Å². The Morgan fingerprint density at radius 2 is 2.07 bits per heavy atom. The van der Waals surface area contributed by atoms with E-state index in [9.17, 15) is 4.79 Å². The van der Waals surface area contributed by atoms with Crippen LogP contribution in [0.4, 0.5) is 5.69 Å². The molecule has 0 aromatic heterocycles. The normalized spacial score (nSPS) is 12.1. The number of carbonyl (C=O) groups is 1. The van der Waals surface area contributed by atoms with E-state index in [0.717, 1.165) is 5.69 Å². The summed E-state index contributed by atoms with van der Waals surface area (Å²) in [6.07, 6.45) is 0.0971. The molecule has 0 amide bonds. The van der Waals surface area contributed by atoms with E-state index in [2.05, 4.69) is 10.9 Å². The quantitative estimate of drug-likeness (QED) is 0.621. The molecule has 0 saturated heterocycles. The molecular weight excluding hydrogens is 180 g/mol. The van der Waals surface area contributed by atoms with Crippen LogP contribution in [0.15, 0.2) is 30.3 Å². The first-order chi connectivity index (χ1) is 6.68. The van der Waals surface area contributed by atoms with E-state index in [4.69, 9.17) is 5.11 Å². The van der Waals surface area contributed by atoms with Gasteiger partial charge < -0.3 is 10.5 Å². The van der Waals surface area contributed by atoms with Crippen molar-refractivity contribution >= 4 is 11.7 Å². The highest BCUT2D eigenvalue weighted by Crippen LogP contribution is 2.03. The number of carboxylic acid groups (broad SMARTS) is 1. The molecule has 3 N–H and O–H groups in total. The molecule has 0 aliphatic rings. The zero-order chi connectivity index (χ0) is 10.4. The van der Waals surface area contributed by atoms with Gasteiger partial charge in [0.15, 0.2) is 0 Å². The highest BCUT2D eigenvalue weighted by molar-refractivity contribution is 5.67. The second-order valence-electron chi connectivity index (χ2n) is 3.13. The number of nitrogens with one attached hydrogen (secondary N) is 2. The lowest BCUT2D eigenvalue weighted by Gasteiger charge is -2.13. The summed E-state index contributed by atoms with van der Waals surface area (Å²) in [5, 5.41) is 8.51. The van der Waals surface area contributed by atoms with Gasteiger partial charge >= 0.3 is 5.97 Å². The van der Waals surface area contributed by atoms with Crippen LogP contribution in [0.1, 0.15) is 13.3 Å². The molecule has 0 saturated carbocycles. The molecule has 1 unspecified atom stereocenters. The zero-order valence-corrected chi connectivity index (χ0v) is 8.03. The maximum atomic E-state index is 10.4. The number of hydrogen-bond donors (Lipinski definition) is 3. The number of hydrazine groups is 1. The minimum Gasteiger partial charge on any atom is -0.481 e. The Balaban J connectivity index is 2.30. The molecule has 76 valence electrons. The number of anilines is 1. The Morgan fingerprint density at radius 3 is 2.64 bits per heavy atom. The average molecular weight is 194 g/mol. The zero-order valence-electron chi connectivity index (χ0n) is 8.03. The molecule has 14 heavy (non-hydrogen) atoms. The number of carboxylic acids is 1. The summed E-state index contributed by atoms with van der Waals surface area (Å²) in [4.78, 5) is 10.4. The highest BCUT2D eigenvalue weighted by atomic mass is 16.4. The van der Waals surface area contributed by atoms with Crippen LogP contribution in [0.5, 0.6) is 0 Å². The standard InChI is InChI=1S/C10H14N2O2/c1-8(7-10(13)14)11-12-9-5-3-2-4-6-9/h2-6,8,11-12H,7H2,1H3,(H,13,14). The third kappa shape index (κ3) is 3.91.